The van der Waals surface area contributed by atoms with Crippen LogP contribution in [-0.4, -0.2) is 41.2 Å². The summed E-state index contributed by atoms with van der Waals surface area (Å²) in [7, 11) is 4.02. The summed E-state index contributed by atoms with van der Waals surface area (Å²) in [6.45, 7) is 1.07. The summed E-state index contributed by atoms with van der Waals surface area (Å²) in [5.74, 6) is -0.127. The molecule has 3 aromatic rings. The van der Waals surface area contributed by atoms with Crippen LogP contribution in [0.4, 0.5) is 0 Å². The Balaban J connectivity index is 1.62. The van der Waals surface area contributed by atoms with E-state index in [0.29, 0.717) is 23.7 Å². The first-order valence-corrected chi connectivity index (χ1v) is 9.59. The molecule has 136 valence electrons. The number of carbonyl (C=O) groups excluding carboxylic acids is 1. The predicted octanol–water partition coefficient (Wildman–Crippen LogP) is 3.68. The van der Waals surface area contributed by atoms with Gasteiger partial charge in [0.2, 0.25) is 0 Å². The van der Waals surface area contributed by atoms with Crippen LogP contribution in [0.2, 0.25) is 5.02 Å². The second-order valence-electron chi connectivity index (χ2n) is 6.26. The van der Waals surface area contributed by atoms with Gasteiger partial charge in [-0.15, -0.1) is 0 Å². The Morgan fingerprint density at radius 1 is 1.35 bits per heavy atom. The number of rotatable bonds is 7. The molecule has 0 aliphatic carbocycles. The van der Waals surface area contributed by atoms with Crippen molar-refractivity contribution in [3.05, 3.63) is 75.2 Å². The largest absolute Gasteiger partial charge is 0.350 e. The fourth-order valence-electron chi connectivity index (χ4n) is 2.72. The molecule has 1 atom stereocenters. The van der Waals surface area contributed by atoms with Crippen LogP contribution in [0.15, 0.2) is 53.5 Å². The number of carbonyl (C=O) groups is 1. The van der Waals surface area contributed by atoms with E-state index in [1.165, 1.54) is 5.56 Å². The van der Waals surface area contributed by atoms with E-state index in [9.17, 15) is 4.79 Å². The van der Waals surface area contributed by atoms with E-state index >= 15 is 0 Å². The van der Waals surface area contributed by atoms with Crippen molar-refractivity contribution in [3.63, 3.8) is 0 Å². The number of likely N-dealkylation sites (N-methyl/N-ethyl adjacent to an activating group) is 1. The van der Waals surface area contributed by atoms with Gasteiger partial charge in [0, 0.05) is 17.8 Å². The van der Waals surface area contributed by atoms with Crippen molar-refractivity contribution >= 4 is 28.8 Å². The van der Waals surface area contributed by atoms with Crippen molar-refractivity contribution in [2.75, 3.05) is 20.6 Å². The lowest BCUT2D eigenvalue weighted by molar-refractivity contribution is 0.0942. The molecular formula is C19H21ClN4OS. The lowest BCUT2D eigenvalue weighted by Gasteiger charge is -2.23. The first-order valence-electron chi connectivity index (χ1n) is 8.27. The zero-order valence-electron chi connectivity index (χ0n) is 14.7. The fraction of sp³-hybridized carbons (Fsp3) is 0.263. The maximum Gasteiger partial charge on any atom is 0.254 e. The zero-order valence-corrected chi connectivity index (χ0v) is 16.3. The number of nitrogens with one attached hydrogen (secondary N) is 1. The summed E-state index contributed by atoms with van der Waals surface area (Å²) >= 11 is 7.84. The van der Waals surface area contributed by atoms with Crippen molar-refractivity contribution in [1.82, 2.24) is 20.0 Å². The van der Waals surface area contributed by atoms with Crippen LogP contribution in [0.5, 0.6) is 0 Å². The highest BCUT2D eigenvalue weighted by Gasteiger charge is 2.17. The van der Waals surface area contributed by atoms with Crippen molar-refractivity contribution in [2.45, 2.75) is 12.6 Å². The molecule has 1 aromatic carbocycles. The number of hydrogen-bond acceptors (Lipinski definition) is 4. The van der Waals surface area contributed by atoms with Crippen LogP contribution in [0.1, 0.15) is 27.5 Å². The van der Waals surface area contributed by atoms with Gasteiger partial charge in [0.25, 0.3) is 5.91 Å². The number of thiophene rings is 1. The molecule has 26 heavy (non-hydrogen) atoms. The summed E-state index contributed by atoms with van der Waals surface area (Å²) in [4.78, 5) is 14.6. The molecule has 2 aromatic heterocycles. The SMILES string of the molecule is CN(C)C(CNC(=O)c1cnn(Cc2ccccc2Cl)c1)c1ccsc1. The quantitative estimate of drug-likeness (QED) is 0.671. The van der Waals surface area contributed by atoms with Gasteiger partial charge in [0.1, 0.15) is 0 Å². The van der Waals surface area contributed by atoms with Gasteiger partial charge in [-0.1, -0.05) is 29.8 Å². The van der Waals surface area contributed by atoms with Crippen LogP contribution in [0, 0.1) is 0 Å². The monoisotopic (exact) mass is 388 g/mol. The Kier molecular flexibility index (Phi) is 6.08. The van der Waals surface area contributed by atoms with Gasteiger partial charge in [0.05, 0.1) is 24.3 Å². The van der Waals surface area contributed by atoms with Crippen LogP contribution in [-0.2, 0) is 6.54 Å². The second kappa shape index (κ2) is 8.49. The third-order valence-corrected chi connectivity index (χ3v) is 5.26. The van der Waals surface area contributed by atoms with E-state index in [-0.39, 0.29) is 11.9 Å². The topological polar surface area (TPSA) is 50.2 Å². The fourth-order valence-corrected chi connectivity index (χ4v) is 3.63. The standard InChI is InChI=1S/C19H21ClN4OS/c1-23(2)18(15-7-8-26-13-15)10-21-19(25)16-9-22-24(12-16)11-14-5-3-4-6-17(14)20/h3-9,12-13,18H,10-11H2,1-2H3,(H,21,25). The Morgan fingerprint density at radius 3 is 2.85 bits per heavy atom. The molecule has 2 heterocycles. The Labute approximate surface area is 162 Å². The molecule has 0 radical (unpaired) electrons. The van der Waals surface area contributed by atoms with Gasteiger partial charge in [-0.3, -0.25) is 9.48 Å². The van der Waals surface area contributed by atoms with Crippen LogP contribution >= 0.6 is 22.9 Å². The average Bonchev–Trinajstić information content (AvgIpc) is 3.29. The van der Waals surface area contributed by atoms with E-state index in [4.69, 9.17) is 11.6 Å². The molecular weight excluding hydrogens is 368 g/mol. The lowest BCUT2D eigenvalue weighted by Crippen LogP contribution is -2.34. The summed E-state index contributed by atoms with van der Waals surface area (Å²) in [5.41, 5.74) is 2.71. The maximum atomic E-state index is 12.5. The van der Waals surface area contributed by atoms with Crippen molar-refractivity contribution in [3.8, 4) is 0 Å². The van der Waals surface area contributed by atoms with E-state index in [0.717, 1.165) is 5.56 Å². The van der Waals surface area contributed by atoms with Crippen LogP contribution in [0.25, 0.3) is 0 Å². The van der Waals surface area contributed by atoms with Crippen molar-refractivity contribution in [2.24, 2.45) is 0 Å². The van der Waals surface area contributed by atoms with Crippen molar-refractivity contribution < 1.29 is 4.79 Å². The third-order valence-electron chi connectivity index (χ3n) is 4.19. The van der Waals surface area contributed by atoms with Gasteiger partial charge in [-0.05, 0) is 48.1 Å². The summed E-state index contributed by atoms with van der Waals surface area (Å²) in [6, 6.07) is 9.85. The minimum Gasteiger partial charge on any atom is -0.350 e. The molecule has 5 nitrogen and oxygen atoms in total. The van der Waals surface area contributed by atoms with E-state index in [1.807, 2.05) is 43.7 Å². The predicted molar refractivity (Wildman–Crippen MR) is 106 cm³/mol. The molecule has 0 saturated heterocycles. The summed E-state index contributed by atoms with van der Waals surface area (Å²) < 4.78 is 1.72. The number of hydrogen-bond donors (Lipinski definition) is 1. The normalized spacial score (nSPS) is 12.3. The Hall–Kier alpha value is -2.15. The van der Waals surface area contributed by atoms with E-state index in [2.05, 4.69) is 26.8 Å². The summed E-state index contributed by atoms with van der Waals surface area (Å²) in [5, 5.41) is 12.1. The maximum absolute atomic E-state index is 12.5. The first kappa shape index (κ1) is 18.6. The number of nitrogens with zero attached hydrogens (tertiary/aromatic N) is 3. The van der Waals surface area contributed by atoms with Gasteiger partial charge < -0.3 is 10.2 Å². The minimum absolute atomic E-state index is 0.127. The molecule has 1 unspecified atom stereocenters. The minimum atomic E-state index is -0.127. The smallest absolute Gasteiger partial charge is 0.254 e. The Bertz CT molecular complexity index is 860. The molecule has 0 bridgehead atoms. The molecule has 0 fully saturated rings. The van der Waals surface area contributed by atoms with Crippen molar-refractivity contribution in [1.29, 1.82) is 0 Å². The highest BCUT2D eigenvalue weighted by molar-refractivity contribution is 7.07. The van der Waals surface area contributed by atoms with Crippen LogP contribution < -0.4 is 5.32 Å². The first-order chi connectivity index (χ1) is 12.5. The third kappa shape index (κ3) is 4.52. The van der Waals surface area contributed by atoms with Gasteiger partial charge in [-0.2, -0.15) is 16.4 Å². The molecule has 0 aliphatic rings. The number of amides is 1. The molecule has 0 aliphatic heterocycles. The molecule has 3 rings (SSSR count). The molecule has 0 saturated carbocycles. The molecule has 0 spiro atoms. The Morgan fingerprint density at radius 2 is 2.15 bits per heavy atom. The molecule has 1 N–H and O–H groups in total. The lowest BCUT2D eigenvalue weighted by atomic mass is 10.1. The zero-order chi connectivity index (χ0) is 18.5. The number of aromatic nitrogens is 2. The highest BCUT2D eigenvalue weighted by Crippen LogP contribution is 2.20. The van der Waals surface area contributed by atoms with Gasteiger partial charge >= 0.3 is 0 Å². The van der Waals surface area contributed by atoms with E-state index in [1.54, 1.807) is 28.4 Å². The van der Waals surface area contributed by atoms with Crippen LogP contribution in [0.3, 0.4) is 0 Å². The summed E-state index contributed by atoms with van der Waals surface area (Å²) in [6.07, 6.45) is 3.33. The van der Waals surface area contributed by atoms with Gasteiger partial charge in [-0.25, -0.2) is 0 Å². The number of halogens is 1. The highest BCUT2D eigenvalue weighted by atomic mass is 35.5. The van der Waals surface area contributed by atoms with E-state index < -0.39 is 0 Å². The van der Waals surface area contributed by atoms with Gasteiger partial charge in [0.15, 0.2) is 0 Å². The molecule has 1 amide bonds. The second-order valence-corrected chi connectivity index (χ2v) is 7.45. The molecule has 7 heteroatoms. The average molecular weight is 389 g/mol. The number of benzene rings is 1.